The predicted octanol–water partition coefficient (Wildman–Crippen LogP) is 3.34. The van der Waals surface area contributed by atoms with E-state index in [1.54, 1.807) is 25.7 Å². The average molecular weight is 376 g/mol. The molecule has 146 valence electrons. The summed E-state index contributed by atoms with van der Waals surface area (Å²) in [7, 11) is 0. The molecule has 1 saturated heterocycles. The number of phenolic OH excluding ortho intramolecular Hbond substituents is 1. The number of carbonyl (C=O) groups is 1. The number of phenols is 1. The zero-order valence-corrected chi connectivity index (χ0v) is 15.0. The lowest BCUT2D eigenvalue weighted by Crippen LogP contribution is -2.49. The first kappa shape index (κ1) is 20.2. The molecule has 0 aliphatic carbocycles. The summed E-state index contributed by atoms with van der Waals surface area (Å²) >= 11 is 0. The van der Waals surface area contributed by atoms with Crippen LogP contribution in [0.25, 0.3) is 0 Å². The second kappa shape index (κ2) is 7.61. The van der Waals surface area contributed by atoms with Gasteiger partial charge in [0.2, 0.25) is 0 Å². The number of rotatable bonds is 3. The van der Waals surface area contributed by atoms with Crippen LogP contribution in [0.15, 0.2) is 18.2 Å². The zero-order chi connectivity index (χ0) is 19.5. The zero-order valence-electron chi connectivity index (χ0n) is 15.0. The standard InChI is InChI=1S/C17H23F3N2O4/c1-16(2,3)26-15(24)22-8-6-21(7-9-22)11-12-4-5-13(23)10-14(12)25-17(18,19)20/h4-5,10,23H,6-9,11H2,1-3H3. The van der Waals surface area contributed by atoms with Crippen molar-refractivity contribution in [3.8, 4) is 11.5 Å². The number of amides is 1. The molecule has 1 amide bonds. The Balaban J connectivity index is 1.96. The second-order valence-electron chi connectivity index (χ2n) is 7.08. The maximum Gasteiger partial charge on any atom is 0.573 e. The molecule has 1 fully saturated rings. The van der Waals surface area contributed by atoms with Crippen molar-refractivity contribution in [2.75, 3.05) is 26.2 Å². The smallest absolute Gasteiger partial charge is 0.508 e. The molecule has 1 aromatic carbocycles. The van der Waals surface area contributed by atoms with Gasteiger partial charge in [-0.2, -0.15) is 0 Å². The van der Waals surface area contributed by atoms with Crippen LogP contribution in [0.5, 0.6) is 11.5 Å². The Kier molecular flexibility index (Phi) is 5.90. The van der Waals surface area contributed by atoms with Crippen molar-refractivity contribution in [3.63, 3.8) is 0 Å². The minimum Gasteiger partial charge on any atom is -0.508 e. The summed E-state index contributed by atoms with van der Waals surface area (Å²) in [4.78, 5) is 15.5. The number of carbonyl (C=O) groups excluding carboxylic acids is 1. The number of ether oxygens (including phenoxy) is 2. The van der Waals surface area contributed by atoms with Gasteiger partial charge < -0.3 is 19.5 Å². The first-order valence-electron chi connectivity index (χ1n) is 8.21. The van der Waals surface area contributed by atoms with Gasteiger partial charge in [-0.05, 0) is 26.8 Å². The third-order valence-corrected chi connectivity index (χ3v) is 3.69. The molecule has 0 atom stereocenters. The van der Waals surface area contributed by atoms with E-state index in [4.69, 9.17) is 4.74 Å². The molecule has 1 aromatic rings. The van der Waals surface area contributed by atoms with E-state index >= 15 is 0 Å². The van der Waals surface area contributed by atoms with Gasteiger partial charge in [0.05, 0.1) is 0 Å². The van der Waals surface area contributed by atoms with E-state index in [1.807, 2.05) is 4.90 Å². The highest BCUT2D eigenvalue weighted by Crippen LogP contribution is 2.30. The third-order valence-electron chi connectivity index (χ3n) is 3.69. The molecule has 1 aliphatic heterocycles. The normalized spacial score (nSPS) is 16.5. The maximum atomic E-state index is 12.5. The molecule has 2 rings (SSSR count). The largest absolute Gasteiger partial charge is 0.573 e. The topological polar surface area (TPSA) is 62.2 Å². The Bertz CT molecular complexity index is 636. The van der Waals surface area contributed by atoms with Crippen LogP contribution in [-0.4, -0.2) is 59.1 Å². The molecule has 0 radical (unpaired) electrons. The number of hydrogen-bond donors (Lipinski definition) is 1. The molecule has 0 saturated carbocycles. The second-order valence-corrected chi connectivity index (χ2v) is 7.08. The Morgan fingerprint density at radius 2 is 1.77 bits per heavy atom. The van der Waals surface area contributed by atoms with Crippen LogP contribution in [0.4, 0.5) is 18.0 Å². The number of alkyl halides is 3. The summed E-state index contributed by atoms with van der Waals surface area (Å²) in [5.74, 6) is -0.727. The highest BCUT2D eigenvalue weighted by atomic mass is 19.4. The average Bonchev–Trinajstić information content (AvgIpc) is 2.47. The first-order valence-corrected chi connectivity index (χ1v) is 8.21. The fraction of sp³-hybridized carbons (Fsp3) is 0.588. The summed E-state index contributed by atoms with van der Waals surface area (Å²) < 4.78 is 46.9. The molecule has 1 N–H and O–H groups in total. The first-order chi connectivity index (χ1) is 11.9. The Morgan fingerprint density at radius 3 is 2.31 bits per heavy atom. The number of hydrogen-bond acceptors (Lipinski definition) is 5. The van der Waals surface area contributed by atoms with Gasteiger partial charge in [-0.3, -0.25) is 4.90 Å². The van der Waals surface area contributed by atoms with Crippen LogP contribution in [-0.2, 0) is 11.3 Å². The number of nitrogens with zero attached hydrogens (tertiary/aromatic N) is 2. The highest BCUT2D eigenvalue weighted by molar-refractivity contribution is 5.68. The van der Waals surface area contributed by atoms with Gasteiger partial charge in [-0.1, -0.05) is 6.07 Å². The van der Waals surface area contributed by atoms with Crippen LogP contribution in [0.2, 0.25) is 0 Å². The fourth-order valence-electron chi connectivity index (χ4n) is 2.55. The van der Waals surface area contributed by atoms with Crippen molar-refractivity contribution in [2.24, 2.45) is 0 Å². The van der Waals surface area contributed by atoms with Gasteiger partial charge >= 0.3 is 12.5 Å². The molecule has 9 heteroatoms. The van der Waals surface area contributed by atoms with E-state index in [2.05, 4.69) is 4.74 Å². The van der Waals surface area contributed by atoms with E-state index in [1.165, 1.54) is 12.1 Å². The van der Waals surface area contributed by atoms with E-state index < -0.39 is 23.8 Å². The SMILES string of the molecule is CC(C)(C)OC(=O)N1CCN(Cc2ccc(O)cc2OC(F)(F)F)CC1. The van der Waals surface area contributed by atoms with Crippen molar-refractivity contribution < 1.29 is 32.5 Å². The van der Waals surface area contributed by atoms with Crippen molar-refractivity contribution in [1.82, 2.24) is 9.80 Å². The van der Waals surface area contributed by atoms with Crippen molar-refractivity contribution in [2.45, 2.75) is 39.3 Å². The lowest BCUT2D eigenvalue weighted by Gasteiger charge is -2.35. The van der Waals surface area contributed by atoms with E-state index in [9.17, 15) is 23.1 Å². The van der Waals surface area contributed by atoms with E-state index in [-0.39, 0.29) is 12.3 Å². The molecule has 26 heavy (non-hydrogen) atoms. The summed E-state index contributed by atoms with van der Waals surface area (Å²) in [5.41, 5.74) is -0.268. The summed E-state index contributed by atoms with van der Waals surface area (Å²) in [6.45, 7) is 7.40. The third kappa shape index (κ3) is 6.29. The number of aromatic hydroxyl groups is 1. The summed E-state index contributed by atoms with van der Waals surface area (Å²) in [5, 5.41) is 9.41. The van der Waals surface area contributed by atoms with Gasteiger partial charge in [0.1, 0.15) is 17.1 Å². The van der Waals surface area contributed by atoms with Crippen LogP contribution < -0.4 is 4.74 Å². The lowest BCUT2D eigenvalue weighted by atomic mass is 10.1. The quantitative estimate of drug-likeness (QED) is 0.877. The van der Waals surface area contributed by atoms with Crippen LogP contribution in [0, 0.1) is 0 Å². The van der Waals surface area contributed by atoms with Gasteiger partial charge in [0.25, 0.3) is 0 Å². The molecule has 6 nitrogen and oxygen atoms in total. The van der Waals surface area contributed by atoms with Crippen molar-refractivity contribution in [1.29, 1.82) is 0 Å². The van der Waals surface area contributed by atoms with E-state index in [0.29, 0.717) is 31.7 Å². The van der Waals surface area contributed by atoms with Crippen LogP contribution in [0.3, 0.4) is 0 Å². The van der Waals surface area contributed by atoms with Crippen LogP contribution in [0.1, 0.15) is 26.3 Å². The molecule has 0 aromatic heterocycles. The molecule has 1 aliphatic rings. The fourth-order valence-corrected chi connectivity index (χ4v) is 2.55. The molecular weight excluding hydrogens is 353 g/mol. The predicted molar refractivity (Wildman–Crippen MR) is 87.9 cm³/mol. The molecule has 0 spiro atoms. The van der Waals surface area contributed by atoms with Crippen molar-refractivity contribution >= 4 is 6.09 Å². The maximum absolute atomic E-state index is 12.5. The molecule has 0 bridgehead atoms. The van der Waals surface area contributed by atoms with Crippen LogP contribution >= 0.6 is 0 Å². The number of piperazine rings is 1. The monoisotopic (exact) mass is 376 g/mol. The Labute approximate surface area is 150 Å². The highest BCUT2D eigenvalue weighted by Gasteiger charge is 2.33. The van der Waals surface area contributed by atoms with Gasteiger partial charge in [0, 0.05) is 44.4 Å². The molecular formula is C17H23F3N2O4. The van der Waals surface area contributed by atoms with E-state index in [0.717, 1.165) is 6.07 Å². The lowest BCUT2D eigenvalue weighted by molar-refractivity contribution is -0.275. The van der Waals surface area contributed by atoms with Gasteiger partial charge in [-0.25, -0.2) is 4.79 Å². The number of halogens is 3. The van der Waals surface area contributed by atoms with Crippen molar-refractivity contribution in [3.05, 3.63) is 23.8 Å². The number of benzene rings is 1. The minimum absolute atomic E-state index is 0.216. The summed E-state index contributed by atoms with van der Waals surface area (Å²) in [6, 6.07) is 3.66. The Morgan fingerprint density at radius 1 is 1.15 bits per heavy atom. The molecule has 1 heterocycles. The Hall–Kier alpha value is -2.16. The summed E-state index contributed by atoms with van der Waals surface area (Å²) in [6.07, 6.45) is -5.24. The van der Waals surface area contributed by atoms with Gasteiger partial charge in [0.15, 0.2) is 0 Å². The van der Waals surface area contributed by atoms with Gasteiger partial charge in [-0.15, -0.1) is 13.2 Å². The minimum atomic E-state index is -4.84. The molecule has 0 unspecified atom stereocenters.